The third-order valence-corrected chi connectivity index (χ3v) is 6.86. The second kappa shape index (κ2) is 10.8. The molecule has 2 aliphatic heterocycles. The fraction of sp³-hybridized carbons (Fsp3) is 0.737. The summed E-state index contributed by atoms with van der Waals surface area (Å²) in [7, 11) is 1.85. The van der Waals surface area contributed by atoms with Gasteiger partial charge < -0.3 is 15.1 Å². The molecular formula is C19H33IN4OS. The standard InChI is InChI=1S/C19H32N4OS.HI/c1-19(9-7-13-25-19)15-22-18(20-2)21-14-16(17-8-6-12-24-17)23-10-4-3-5-11-23;/h6,8,12,16H,3-5,7,9-11,13-15H2,1-2H3,(H2,20,21,22);1H. The third kappa shape index (κ3) is 6.05. The van der Waals surface area contributed by atoms with Gasteiger partial charge in [-0.15, -0.1) is 24.0 Å². The molecule has 26 heavy (non-hydrogen) atoms. The van der Waals surface area contributed by atoms with Gasteiger partial charge in [0.15, 0.2) is 5.96 Å². The predicted octanol–water partition coefficient (Wildman–Crippen LogP) is 3.88. The Hall–Kier alpha value is -0.410. The van der Waals surface area contributed by atoms with Gasteiger partial charge in [0, 0.05) is 24.9 Å². The van der Waals surface area contributed by atoms with Gasteiger partial charge in [0.1, 0.15) is 5.76 Å². The molecule has 2 saturated heterocycles. The Morgan fingerprint density at radius 2 is 2.12 bits per heavy atom. The molecule has 2 fully saturated rings. The van der Waals surface area contributed by atoms with E-state index in [1.54, 1.807) is 6.26 Å². The van der Waals surface area contributed by atoms with E-state index in [0.717, 1.165) is 37.9 Å². The molecule has 3 heterocycles. The Balaban J connectivity index is 0.00000243. The molecule has 0 bridgehead atoms. The molecule has 0 amide bonds. The van der Waals surface area contributed by atoms with Gasteiger partial charge in [-0.2, -0.15) is 11.8 Å². The van der Waals surface area contributed by atoms with Crippen molar-refractivity contribution in [3.63, 3.8) is 0 Å². The van der Waals surface area contributed by atoms with Gasteiger partial charge in [0.2, 0.25) is 0 Å². The summed E-state index contributed by atoms with van der Waals surface area (Å²) in [5.74, 6) is 3.21. The van der Waals surface area contributed by atoms with Gasteiger partial charge in [-0.25, -0.2) is 0 Å². The minimum Gasteiger partial charge on any atom is -0.468 e. The average molecular weight is 492 g/mol. The lowest BCUT2D eigenvalue weighted by molar-refractivity contribution is 0.146. The molecule has 0 aromatic carbocycles. The number of rotatable bonds is 6. The molecule has 2 atom stereocenters. The van der Waals surface area contributed by atoms with Gasteiger partial charge in [-0.1, -0.05) is 6.42 Å². The van der Waals surface area contributed by atoms with Crippen LogP contribution in [0.2, 0.25) is 0 Å². The number of guanidine groups is 1. The zero-order chi connectivity index (χ0) is 17.5. The number of likely N-dealkylation sites (tertiary alicyclic amines) is 1. The highest BCUT2D eigenvalue weighted by atomic mass is 127. The van der Waals surface area contributed by atoms with Gasteiger partial charge in [0.25, 0.3) is 0 Å². The average Bonchev–Trinajstić information content (AvgIpc) is 3.31. The lowest BCUT2D eigenvalue weighted by Crippen LogP contribution is -2.47. The number of hydrogen-bond donors (Lipinski definition) is 2. The fourth-order valence-corrected chi connectivity index (χ4v) is 5.03. The maximum atomic E-state index is 5.73. The van der Waals surface area contributed by atoms with E-state index < -0.39 is 0 Å². The number of aliphatic imine (C=N–C) groups is 1. The maximum Gasteiger partial charge on any atom is 0.191 e. The molecule has 0 aliphatic carbocycles. The van der Waals surface area contributed by atoms with Crippen molar-refractivity contribution in [2.24, 2.45) is 4.99 Å². The summed E-state index contributed by atoms with van der Waals surface area (Å²) >= 11 is 2.07. The maximum absolute atomic E-state index is 5.73. The fourth-order valence-electron chi connectivity index (χ4n) is 3.78. The van der Waals surface area contributed by atoms with E-state index in [2.05, 4.69) is 45.3 Å². The Kier molecular flexibility index (Phi) is 9.09. The van der Waals surface area contributed by atoms with E-state index in [4.69, 9.17) is 4.42 Å². The van der Waals surface area contributed by atoms with E-state index in [9.17, 15) is 0 Å². The van der Waals surface area contributed by atoms with Gasteiger partial charge in [-0.05, 0) is 63.6 Å². The Morgan fingerprint density at radius 1 is 1.31 bits per heavy atom. The zero-order valence-electron chi connectivity index (χ0n) is 16.0. The van der Waals surface area contributed by atoms with Crippen molar-refractivity contribution in [2.45, 2.75) is 49.8 Å². The van der Waals surface area contributed by atoms with E-state index in [-0.39, 0.29) is 30.0 Å². The first kappa shape index (κ1) is 21.9. The Morgan fingerprint density at radius 3 is 2.73 bits per heavy atom. The number of nitrogens with zero attached hydrogens (tertiary/aromatic N) is 2. The lowest BCUT2D eigenvalue weighted by atomic mass is 10.1. The molecular weight excluding hydrogens is 459 g/mol. The molecule has 2 unspecified atom stereocenters. The summed E-state index contributed by atoms with van der Waals surface area (Å²) < 4.78 is 6.07. The summed E-state index contributed by atoms with van der Waals surface area (Å²) in [5, 5.41) is 7.05. The summed E-state index contributed by atoms with van der Waals surface area (Å²) in [4.78, 5) is 6.95. The largest absolute Gasteiger partial charge is 0.468 e. The zero-order valence-corrected chi connectivity index (χ0v) is 19.1. The van der Waals surface area contributed by atoms with Crippen molar-refractivity contribution in [1.29, 1.82) is 0 Å². The second-order valence-corrected chi connectivity index (χ2v) is 9.02. The molecule has 0 spiro atoms. The molecule has 5 nitrogen and oxygen atoms in total. The first-order valence-corrected chi connectivity index (χ1v) is 10.5. The van der Waals surface area contributed by atoms with Crippen LogP contribution in [0.4, 0.5) is 0 Å². The van der Waals surface area contributed by atoms with E-state index in [0.29, 0.717) is 4.75 Å². The number of thioether (sulfide) groups is 1. The second-order valence-electron chi connectivity index (χ2n) is 7.34. The highest BCUT2D eigenvalue weighted by molar-refractivity contribution is 14.0. The van der Waals surface area contributed by atoms with Crippen molar-refractivity contribution >= 4 is 41.7 Å². The van der Waals surface area contributed by atoms with Crippen molar-refractivity contribution in [1.82, 2.24) is 15.5 Å². The number of furan rings is 1. The summed E-state index contributed by atoms with van der Waals surface area (Å²) in [6, 6.07) is 4.34. The quantitative estimate of drug-likeness (QED) is 0.359. The van der Waals surface area contributed by atoms with E-state index in [1.165, 1.54) is 37.9 Å². The normalized spacial score (nSPS) is 25.5. The first-order valence-electron chi connectivity index (χ1n) is 9.56. The van der Waals surface area contributed by atoms with Crippen LogP contribution in [-0.2, 0) is 0 Å². The van der Waals surface area contributed by atoms with E-state index in [1.807, 2.05) is 13.1 Å². The first-order chi connectivity index (χ1) is 12.2. The van der Waals surface area contributed by atoms with Crippen molar-refractivity contribution in [3.05, 3.63) is 24.2 Å². The number of piperidine rings is 1. The molecule has 3 rings (SSSR count). The van der Waals surface area contributed by atoms with Crippen LogP contribution >= 0.6 is 35.7 Å². The van der Waals surface area contributed by atoms with Crippen molar-refractivity contribution in [2.75, 3.05) is 39.0 Å². The SMILES string of the molecule is CN=C(NCC(c1ccco1)N1CCCCC1)NCC1(C)CCCS1.I. The highest BCUT2D eigenvalue weighted by Gasteiger charge is 2.30. The summed E-state index contributed by atoms with van der Waals surface area (Å²) in [6.07, 6.45) is 8.28. The van der Waals surface area contributed by atoms with E-state index >= 15 is 0 Å². The van der Waals surface area contributed by atoms with Crippen LogP contribution in [0.3, 0.4) is 0 Å². The predicted molar refractivity (Wildman–Crippen MR) is 122 cm³/mol. The summed E-state index contributed by atoms with van der Waals surface area (Å²) in [5.41, 5.74) is 0. The summed E-state index contributed by atoms with van der Waals surface area (Å²) in [6.45, 7) is 6.43. The van der Waals surface area contributed by atoms with Crippen LogP contribution < -0.4 is 10.6 Å². The molecule has 1 aromatic heterocycles. The molecule has 2 N–H and O–H groups in total. The topological polar surface area (TPSA) is 52.8 Å². The molecule has 2 aliphatic rings. The van der Waals surface area contributed by atoms with Crippen LogP contribution in [0, 0.1) is 0 Å². The van der Waals surface area contributed by atoms with Gasteiger partial charge in [-0.3, -0.25) is 9.89 Å². The smallest absolute Gasteiger partial charge is 0.191 e. The monoisotopic (exact) mass is 492 g/mol. The Labute approximate surface area is 179 Å². The molecule has 7 heteroatoms. The van der Waals surface area contributed by atoms with Gasteiger partial charge >= 0.3 is 0 Å². The lowest BCUT2D eigenvalue weighted by Gasteiger charge is -2.34. The van der Waals surface area contributed by atoms with Crippen LogP contribution in [0.1, 0.15) is 50.8 Å². The van der Waals surface area contributed by atoms with Crippen LogP contribution in [0.25, 0.3) is 0 Å². The van der Waals surface area contributed by atoms with Crippen LogP contribution in [0.5, 0.6) is 0 Å². The van der Waals surface area contributed by atoms with Crippen molar-refractivity contribution < 1.29 is 4.42 Å². The minimum atomic E-state index is 0. The van der Waals surface area contributed by atoms with Crippen LogP contribution in [-0.4, -0.2) is 54.6 Å². The molecule has 0 radical (unpaired) electrons. The van der Waals surface area contributed by atoms with Gasteiger partial charge in [0.05, 0.1) is 12.3 Å². The number of halogens is 1. The molecule has 148 valence electrons. The number of hydrogen-bond acceptors (Lipinski definition) is 4. The minimum absolute atomic E-state index is 0. The highest BCUT2D eigenvalue weighted by Crippen LogP contribution is 2.36. The third-order valence-electron chi connectivity index (χ3n) is 5.32. The van der Waals surface area contributed by atoms with Crippen molar-refractivity contribution in [3.8, 4) is 0 Å². The van der Waals surface area contributed by atoms with Crippen LogP contribution in [0.15, 0.2) is 27.8 Å². The molecule has 1 aromatic rings. The number of nitrogens with one attached hydrogen (secondary N) is 2. The Bertz CT molecular complexity index is 540. The molecule has 0 saturated carbocycles.